The van der Waals surface area contributed by atoms with E-state index >= 15 is 0 Å². The van der Waals surface area contributed by atoms with Crippen LogP contribution in [0.5, 0.6) is 5.75 Å². The molecule has 0 saturated carbocycles. The minimum atomic E-state index is 0.0993. The largest absolute Gasteiger partial charge is 0.497 e. The number of thiazole rings is 1. The van der Waals surface area contributed by atoms with Gasteiger partial charge in [0.1, 0.15) is 5.75 Å². The van der Waals surface area contributed by atoms with Gasteiger partial charge in [0.05, 0.1) is 12.6 Å². The molecule has 0 fully saturated rings. The molecule has 3 rings (SSSR count). The Balaban J connectivity index is 1.85. The number of ether oxygens (including phenoxy) is 1. The van der Waals surface area contributed by atoms with Gasteiger partial charge >= 0.3 is 0 Å². The molecule has 0 saturated heterocycles. The van der Waals surface area contributed by atoms with Gasteiger partial charge in [-0.2, -0.15) is 0 Å². The normalized spacial score (nSPS) is 12.5. The molecule has 2 N–H and O–H groups in total. The Bertz CT molecular complexity index is 725. The van der Waals surface area contributed by atoms with Gasteiger partial charge in [0.25, 0.3) is 0 Å². The predicted molar refractivity (Wildman–Crippen MR) is 88.0 cm³/mol. The first-order chi connectivity index (χ1) is 10.3. The topological polar surface area (TPSA) is 48.1 Å². The summed E-state index contributed by atoms with van der Waals surface area (Å²) in [5.74, 6) is 0.881. The van der Waals surface area contributed by atoms with Crippen molar-refractivity contribution in [3.63, 3.8) is 0 Å². The molecule has 0 amide bonds. The molecule has 1 atom stereocenters. The maximum absolute atomic E-state index is 6.31. The molecule has 1 unspecified atom stereocenters. The average Bonchev–Trinajstić information content (AvgIpc) is 3.00. The lowest BCUT2D eigenvalue weighted by Gasteiger charge is -2.13. The molecule has 3 nitrogen and oxygen atoms in total. The number of methoxy groups -OCH3 is 1. The molecule has 3 aromatic rings. The Kier molecular flexibility index (Phi) is 4.18. The maximum Gasteiger partial charge on any atom is 0.119 e. The summed E-state index contributed by atoms with van der Waals surface area (Å²) in [6.45, 7) is 0. The summed E-state index contributed by atoms with van der Waals surface area (Å²) in [6, 6.07) is 12.6. The molecule has 4 heteroatoms. The summed E-state index contributed by atoms with van der Waals surface area (Å²) in [7, 11) is 1.69. The van der Waals surface area contributed by atoms with Crippen molar-refractivity contribution >= 4 is 22.1 Å². The molecule has 0 aliphatic heterocycles. The molecule has 21 heavy (non-hydrogen) atoms. The predicted octanol–water partition coefficient (Wildman–Crippen LogP) is 3.42. The zero-order chi connectivity index (χ0) is 14.7. The highest BCUT2D eigenvalue weighted by atomic mass is 32.1. The fourth-order valence-electron chi connectivity index (χ4n) is 2.58. The average molecular weight is 298 g/mol. The van der Waals surface area contributed by atoms with Crippen LogP contribution in [-0.2, 0) is 12.8 Å². The Morgan fingerprint density at radius 3 is 2.90 bits per heavy atom. The fourth-order valence-corrected chi connectivity index (χ4v) is 3.27. The minimum Gasteiger partial charge on any atom is -0.497 e. The molecule has 0 spiro atoms. The summed E-state index contributed by atoms with van der Waals surface area (Å²) in [6.07, 6.45) is 3.62. The first kappa shape index (κ1) is 14.0. The molecular weight excluding hydrogens is 280 g/mol. The first-order valence-corrected chi connectivity index (χ1v) is 7.83. The van der Waals surface area contributed by atoms with Crippen LogP contribution >= 0.6 is 11.3 Å². The van der Waals surface area contributed by atoms with Crippen LogP contribution in [0.3, 0.4) is 0 Å². The fraction of sp³-hybridized carbons (Fsp3) is 0.235. The van der Waals surface area contributed by atoms with E-state index in [1.165, 1.54) is 21.2 Å². The molecule has 2 aromatic carbocycles. The highest BCUT2D eigenvalue weighted by Gasteiger charge is 2.10. The van der Waals surface area contributed by atoms with Gasteiger partial charge in [-0.25, -0.2) is 0 Å². The molecule has 1 aromatic heterocycles. The Labute approximate surface area is 128 Å². The lowest BCUT2D eigenvalue weighted by molar-refractivity contribution is 0.415. The second kappa shape index (κ2) is 6.24. The summed E-state index contributed by atoms with van der Waals surface area (Å²) in [4.78, 5) is 5.34. The van der Waals surface area contributed by atoms with Crippen molar-refractivity contribution < 1.29 is 4.74 Å². The summed E-state index contributed by atoms with van der Waals surface area (Å²) >= 11 is 1.66. The van der Waals surface area contributed by atoms with Gasteiger partial charge in [-0.1, -0.05) is 24.3 Å². The van der Waals surface area contributed by atoms with Crippen molar-refractivity contribution in [3.8, 4) is 5.75 Å². The van der Waals surface area contributed by atoms with E-state index in [0.717, 1.165) is 18.6 Å². The van der Waals surface area contributed by atoms with Crippen molar-refractivity contribution in [1.82, 2.24) is 4.98 Å². The number of nitrogens with two attached hydrogens (primary N) is 1. The highest BCUT2D eigenvalue weighted by molar-refractivity contribution is 7.09. The van der Waals surface area contributed by atoms with Gasteiger partial charge in [0.15, 0.2) is 0 Å². The van der Waals surface area contributed by atoms with Crippen LogP contribution in [0.4, 0.5) is 0 Å². The van der Waals surface area contributed by atoms with E-state index in [1.807, 2.05) is 17.8 Å². The van der Waals surface area contributed by atoms with Crippen molar-refractivity contribution in [2.45, 2.75) is 18.9 Å². The van der Waals surface area contributed by atoms with E-state index in [2.05, 4.69) is 35.3 Å². The van der Waals surface area contributed by atoms with E-state index in [9.17, 15) is 0 Å². The van der Waals surface area contributed by atoms with Crippen molar-refractivity contribution in [2.24, 2.45) is 5.73 Å². The lowest BCUT2D eigenvalue weighted by atomic mass is 9.97. The zero-order valence-electron chi connectivity index (χ0n) is 12.0. The number of hydrogen-bond acceptors (Lipinski definition) is 4. The summed E-state index contributed by atoms with van der Waals surface area (Å²) in [5, 5.41) is 2.44. The van der Waals surface area contributed by atoms with Crippen LogP contribution in [0.2, 0.25) is 0 Å². The monoisotopic (exact) mass is 298 g/mol. The third-order valence-corrected chi connectivity index (χ3v) is 4.41. The second-order valence-corrected chi connectivity index (χ2v) is 6.11. The van der Waals surface area contributed by atoms with E-state index in [0.29, 0.717) is 0 Å². The van der Waals surface area contributed by atoms with E-state index < -0.39 is 0 Å². The second-order valence-electron chi connectivity index (χ2n) is 5.14. The SMILES string of the molecule is COc1ccc2cccc(CC(N)Cc3cncs3)c2c1. The zero-order valence-corrected chi connectivity index (χ0v) is 12.8. The number of hydrogen-bond donors (Lipinski definition) is 1. The minimum absolute atomic E-state index is 0.0993. The third-order valence-electron chi connectivity index (χ3n) is 3.61. The van der Waals surface area contributed by atoms with Crippen molar-refractivity contribution in [2.75, 3.05) is 7.11 Å². The number of fused-ring (bicyclic) bond motifs is 1. The van der Waals surface area contributed by atoms with Crippen LogP contribution in [0.15, 0.2) is 48.1 Å². The molecule has 0 bridgehead atoms. The van der Waals surface area contributed by atoms with E-state index in [4.69, 9.17) is 10.5 Å². The standard InChI is InChI=1S/C17H18N2OS/c1-20-15-6-5-12-3-2-4-13(17(12)9-15)7-14(18)8-16-10-19-11-21-16/h2-6,9-11,14H,7-8,18H2,1H3. The third kappa shape index (κ3) is 3.23. The molecule has 108 valence electrons. The summed E-state index contributed by atoms with van der Waals surface area (Å²) in [5.41, 5.74) is 9.43. The van der Waals surface area contributed by atoms with Crippen molar-refractivity contribution in [1.29, 1.82) is 0 Å². The Morgan fingerprint density at radius 1 is 1.24 bits per heavy atom. The van der Waals surface area contributed by atoms with Gasteiger partial charge < -0.3 is 10.5 Å². The lowest BCUT2D eigenvalue weighted by Crippen LogP contribution is -2.25. The summed E-state index contributed by atoms with van der Waals surface area (Å²) < 4.78 is 5.33. The van der Waals surface area contributed by atoms with Crippen LogP contribution in [0.25, 0.3) is 10.8 Å². The molecule has 0 radical (unpaired) electrons. The molecular formula is C17H18N2OS. The van der Waals surface area contributed by atoms with E-state index in [1.54, 1.807) is 18.4 Å². The van der Waals surface area contributed by atoms with Crippen LogP contribution in [0.1, 0.15) is 10.4 Å². The van der Waals surface area contributed by atoms with Gasteiger partial charge in [0.2, 0.25) is 0 Å². The number of aromatic nitrogens is 1. The smallest absolute Gasteiger partial charge is 0.119 e. The number of benzene rings is 2. The number of rotatable bonds is 5. The van der Waals surface area contributed by atoms with Gasteiger partial charge in [-0.05, 0) is 41.3 Å². The molecule has 0 aliphatic rings. The van der Waals surface area contributed by atoms with E-state index in [-0.39, 0.29) is 6.04 Å². The van der Waals surface area contributed by atoms with Gasteiger partial charge in [0, 0.05) is 17.1 Å². The Morgan fingerprint density at radius 2 is 2.14 bits per heavy atom. The number of nitrogens with zero attached hydrogens (tertiary/aromatic N) is 1. The first-order valence-electron chi connectivity index (χ1n) is 6.95. The van der Waals surface area contributed by atoms with Gasteiger partial charge in [-0.3, -0.25) is 4.98 Å². The van der Waals surface area contributed by atoms with Crippen LogP contribution in [-0.4, -0.2) is 18.1 Å². The van der Waals surface area contributed by atoms with Crippen molar-refractivity contribution in [3.05, 3.63) is 58.5 Å². The molecule has 0 aliphatic carbocycles. The molecule has 1 heterocycles. The maximum atomic E-state index is 6.31. The van der Waals surface area contributed by atoms with Crippen LogP contribution < -0.4 is 10.5 Å². The van der Waals surface area contributed by atoms with Gasteiger partial charge in [-0.15, -0.1) is 11.3 Å². The highest BCUT2D eigenvalue weighted by Crippen LogP contribution is 2.25. The van der Waals surface area contributed by atoms with Crippen LogP contribution in [0, 0.1) is 0 Å². The Hall–Kier alpha value is -1.91. The quantitative estimate of drug-likeness (QED) is 0.785.